The van der Waals surface area contributed by atoms with Crippen LogP contribution in [0.15, 0.2) is 53.4 Å². The summed E-state index contributed by atoms with van der Waals surface area (Å²) < 4.78 is 18.9. The third-order valence-corrected chi connectivity index (χ3v) is 5.17. The van der Waals surface area contributed by atoms with E-state index >= 15 is 0 Å². The first kappa shape index (κ1) is 15.5. The highest BCUT2D eigenvalue weighted by molar-refractivity contribution is 5.62. The van der Waals surface area contributed by atoms with Crippen molar-refractivity contribution in [3.8, 4) is 22.9 Å². The van der Waals surface area contributed by atoms with Crippen molar-refractivity contribution in [2.75, 3.05) is 19.9 Å². The van der Waals surface area contributed by atoms with E-state index in [0.717, 1.165) is 48.3 Å². The Morgan fingerprint density at radius 2 is 1.96 bits per heavy atom. The number of imidazole rings is 1. The molecule has 0 unspecified atom stereocenters. The van der Waals surface area contributed by atoms with Crippen molar-refractivity contribution in [2.24, 2.45) is 0 Å². The maximum Gasteiger partial charge on any atom is 0.231 e. The van der Waals surface area contributed by atoms with Crippen LogP contribution in [-0.4, -0.2) is 34.3 Å². The molecule has 1 fully saturated rings. The molecule has 1 saturated heterocycles. The van der Waals surface area contributed by atoms with Crippen LogP contribution in [-0.2, 0) is 6.54 Å². The van der Waals surface area contributed by atoms with Crippen LogP contribution in [0.1, 0.15) is 24.6 Å². The van der Waals surface area contributed by atoms with Gasteiger partial charge in [0.15, 0.2) is 11.5 Å². The summed E-state index contributed by atoms with van der Waals surface area (Å²) in [6.45, 7) is 3.30. The van der Waals surface area contributed by atoms with Crippen LogP contribution in [0.2, 0.25) is 0 Å². The molecule has 0 amide bonds. The average Bonchev–Trinajstić information content (AvgIpc) is 3.47. The Kier molecular flexibility index (Phi) is 3.90. The van der Waals surface area contributed by atoms with E-state index in [-0.39, 0.29) is 12.8 Å². The number of nitrogens with zero attached hydrogens (tertiary/aromatic N) is 3. The first-order valence-electron chi connectivity index (χ1n) is 9.07. The molecule has 6 nitrogen and oxygen atoms in total. The zero-order valence-electron chi connectivity index (χ0n) is 14.5. The predicted molar refractivity (Wildman–Crippen MR) is 96.0 cm³/mol. The highest BCUT2D eigenvalue weighted by Crippen LogP contribution is 2.36. The summed E-state index contributed by atoms with van der Waals surface area (Å²) in [6.07, 6.45) is 8.13. The number of fused-ring (bicyclic) bond motifs is 1. The normalized spacial score (nSPS) is 17.7. The number of furan rings is 1. The van der Waals surface area contributed by atoms with Crippen molar-refractivity contribution in [3.05, 3.63) is 54.7 Å². The Morgan fingerprint density at radius 3 is 2.81 bits per heavy atom. The molecular formula is C20H21N3O3. The fourth-order valence-electron chi connectivity index (χ4n) is 3.86. The number of hydrogen-bond donors (Lipinski definition) is 0. The van der Waals surface area contributed by atoms with Gasteiger partial charge < -0.3 is 18.5 Å². The van der Waals surface area contributed by atoms with Gasteiger partial charge in [-0.2, -0.15) is 0 Å². The summed E-state index contributed by atoms with van der Waals surface area (Å²) in [5, 5.41) is 0. The van der Waals surface area contributed by atoms with E-state index in [1.807, 2.05) is 36.7 Å². The Labute approximate surface area is 152 Å². The second kappa shape index (κ2) is 6.53. The van der Waals surface area contributed by atoms with Crippen molar-refractivity contribution in [3.63, 3.8) is 0 Å². The molecule has 5 rings (SSSR count). The molecule has 26 heavy (non-hydrogen) atoms. The van der Waals surface area contributed by atoms with E-state index in [0.29, 0.717) is 0 Å². The van der Waals surface area contributed by atoms with E-state index < -0.39 is 0 Å². The van der Waals surface area contributed by atoms with Gasteiger partial charge >= 0.3 is 0 Å². The van der Waals surface area contributed by atoms with E-state index in [9.17, 15) is 0 Å². The Hall–Kier alpha value is -2.73. The third-order valence-electron chi connectivity index (χ3n) is 5.17. The maximum absolute atomic E-state index is 5.75. The molecule has 0 aliphatic carbocycles. The fraction of sp³-hybridized carbons (Fsp3) is 0.350. The van der Waals surface area contributed by atoms with E-state index in [2.05, 4.69) is 20.5 Å². The van der Waals surface area contributed by atoms with Crippen molar-refractivity contribution in [1.82, 2.24) is 14.5 Å². The van der Waals surface area contributed by atoms with Gasteiger partial charge in [-0.25, -0.2) is 4.98 Å². The van der Waals surface area contributed by atoms with E-state index in [1.54, 1.807) is 6.26 Å². The van der Waals surface area contributed by atoms with Gasteiger partial charge in [-0.1, -0.05) is 0 Å². The molecule has 2 aliphatic heterocycles. The summed E-state index contributed by atoms with van der Waals surface area (Å²) in [7, 11) is 0. The van der Waals surface area contributed by atoms with Crippen LogP contribution in [0.3, 0.4) is 0 Å². The summed E-state index contributed by atoms with van der Waals surface area (Å²) in [5.41, 5.74) is 1.03. The fourth-order valence-corrected chi connectivity index (χ4v) is 3.86. The minimum atomic E-state index is 0.217. The van der Waals surface area contributed by atoms with Gasteiger partial charge in [0.1, 0.15) is 11.6 Å². The monoisotopic (exact) mass is 351 g/mol. The number of rotatable bonds is 5. The number of ether oxygens (including phenoxy) is 2. The van der Waals surface area contributed by atoms with Crippen LogP contribution in [0.25, 0.3) is 11.4 Å². The van der Waals surface area contributed by atoms with Crippen LogP contribution in [0.4, 0.5) is 0 Å². The van der Waals surface area contributed by atoms with Gasteiger partial charge in [0.2, 0.25) is 6.79 Å². The molecule has 0 saturated carbocycles. The standard InChI is InChI=1S/C20H21N3O3/c1-2-9-22(8-1)16(17-4-3-11-24-17)13-23-10-7-21-20(23)15-5-6-18-19(12-15)26-14-25-18/h3-7,10-12,16H,1-2,8-9,13-14H2/t16-/m0/s1. The lowest BCUT2D eigenvalue weighted by atomic mass is 10.1. The Morgan fingerprint density at radius 1 is 1.08 bits per heavy atom. The molecule has 0 N–H and O–H groups in total. The Bertz CT molecular complexity index is 882. The molecule has 1 atom stereocenters. The summed E-state index contributed by atoms with van der Waals surface area (Å²) in [6, 6.07) is 10.2. The minimum Gasteiger partial charge on any atom is -0.468 e. The highest BCUT2D eigenvalue weighted by atomic mass is 16.7. The van der Waals surface area contributed by atoms with Crippen LogP contribution < -0.4 is 9.47 Å². The average molecular weight is 351 g/mol. The molecule has 2 aliphatic rings. The lowest BCUT2D eigenvalue weighted by Crippen LogP contribution is -2.29. The Balaban J connectivity index is 1.46. The SMILES string of the molecule is c1coc([C@H](Cn2ccnc2-c2ccc3c(c2)OCO3)N2CCCC2)c1. The number of likely N-dealkylation sites (tertiary alicyclic amines) is 1. The van der Waals surface area contributed by atoms with Crippen LogP contribution >= 0.6 is 0 Å². The van der Waals surface area contributed by atoms with Gasteiger partial charge in [0.25, 0.3) is 0 Å². The lowest BCUT2D eigenvalue weighted by molar-refractivity contribution is 0.174. The van der Waals surface area contributed by atoms with Gasteiger partial charge in [0.05, 0.1) is 12.3 Å². The lowest BCUT2D eigenvalue weighted by Gasteiger charge is -2.26. The highest BCUT2D eigenvalue weighted by Gasteiger charge is 2.27. The smallest absolute Gasteiger partial charge is 0.231 e. The van der Waals surface area contributed by atoms with Crippen molar-refractivity contribution in [2.45, 2.75) is 25.4 Å². The molecular weight excluding hydrogens is 330 g/mol. The quantitative estimate of drug-likeness (QED) is 0.701. The second-order valence-corrected chi connectivity index (χ2v) is 6.75. The largest absolute Gasteiger partial charge is 0.468 e. The van der Waals surface area contributed by atoms with E-state index in [4.69, 9.17) is 13.9 Å². The maximum atomic E-state index is 5.75. The van der Waals surface area contributed by atoms with Crippen LogP contribution in [0, 0.1) is 0 Å². The predicted octanol–water partition coefficient (Wildman–Crippen LogP) is 3.71. The van der Waals surface area contributed by atoms with Crippen molar-refractivity contribution in [1.29, 1.82) is 0 Å². The van der Waals surface area contributed by atoms with Crippen molar-refractivity contribution < 1.29 is 13.9 Å². The molecule has 2 aromatic heterocycles. The molecule has 0 bridgehead atoms. The first-order chi connectivity index (χ1) is 12.9. The topological polar surface area (TPSA) is 52.7 Å². The summed E-state index contributed by atoms with van der Waals surface area (Å²) in [5.74, 6) is 3.51. The number of benzene rings is 1. The van der Waals surface area contributed by atoms with Crippen molar-refractivity contribution >= 4 is 0 Å². The molecule has 6 heteroatoms. The number of aromatic nitrogens is 2. The zero-order chi connectivity index (χ0) is 17.3. The minimum absolute atomic E-state index is 0.217. The summed E-state index contributed by atoms with van der Waals surface area (Å²) >= 11 is 0. The van der Waals surface area contributed by atoms with Gasteiger partial charge in [-0.05, 0) is 56.3 Å². The zero-order valence-corrected chi connectivity index (χ0v) is 14.5. The molecule has 0 radical (unpaired) electrons. The molecule has 1 aromatic carbocycles. The van der Waals surface area contributed by atoms with Gasteiger partial charge in [-0.15, -0.1) is 0 Å². The molecule has 0 spiro atoms. The number of hydrogen-bond acceptors (Lipinski definition) is 5. The molecule has 3 aromatic rings. The second-order valence-electron chi connectivity index (χ2n) is 6.75. The van der Waals surface area contributed by atoms with Gasteiger partial charge in [0, 0.05) is 24.5 Å². The van der Waals surface area contributed by atoms with Crippen LogP contribution in [0.5, 0.6) is 11.5 Å². The molecule has 134 valence electrons. The summed E-state index contributed by atoms with van der Waals surface area (Å²) in [4.78, 5) is 7.09. The van der Waals surface area contributed by atoms with E-state index in [1.165, 1.54) is 12.8 Å². The first-order valence-corrected chi connectivity index (χ1v) is 9.07. The third kappa shape index (κ3) is 2.76. The molecule has 4 heterocycles. The van der Waals surface area contributed by atoms with Gasteiger partial charge in [-0.3, -0.25) is 4.90 Å².